The Bertz CT molecular complexity index is 857. The molecule has 0 saturated heterocycles. The Balaban J connectivity index is 1.44. The van der Waals surface area contributed by atoms with Crippen molar-refractivity contribution in [2.45, 2.75) is 12.0 Å². The highest BCUT2D eigenvalue weighted by molar-refractivity contribution is 5.75. The van der Waals surface area contributed by atoms with E-state index in [0.717, 1.165) is 22.4 Å². The zero-order chi connectivity index (χ0) is 18.5. The Labute approximate surface area is 159 Å². The van der Waals surface area contributed by atoms with E-state index >= 15 is 0 Å². The number of benzene rings is 3. The van der Waals surface area contributed by atoms with E-state index in [9.17, 15) is 4.79 Å². The zero-order valence-electron chi connectivity index (χ0n) is 15.0. The van der Waals surface area contributed by atoms with E-state index < -0.39 is 0 Å². The van der Waals surface area contributed by atoms with Crippen molar-refractivity contribution in [3.63, 3.8) is 0 Å². The van der Waals surface area contributed by atoms with Gasteiger partial charge in [-0.05, 0) is 17.2 Å². The molecule has 1 aliphatic heterocycles. The molecule has 0 radical (unpaired) electrons. The lowest BCUT2D eigenvalue weighted by molar-refractivity contribution is 0.237. The number of carbonyl (C=O) groups excluding carboxylic acids is 1. The van der Waals surface area contributed by atoms with Gasteiger partial charge in [-0.1, -0.05) is 78.9 Å². The number of urea groups is 1. The van der Waals surface area contributed by atoms with Gasteiger partial charge >= 0.3 is 6.03 Å². The van der Waals surface area contributed by atoms with Crippen LogP contribution in [-0.2, 0) is 0 Å². The number of para-hydroxylation sites is 1. The summed E-state index contributed by atoms with van der Waals surface area (Å²) in [6, 6.07) is 27.6. The third-order valence-electron chi connectivity index (χ3n) is 4.85. The van der Waals surface area contributed by atoms with Gasteiger partial charge in [0.2, 0.25) is 0 Å². The van der Waals surface area contributed by atoms with E-state index in [4.69, 9.17) is 4.74 Å². The molecular formula is C23H22N2O2. The van der Waals surface area contributed by atoms with Crippen molar-refractivity contribution in [2.75, 3.05) is 13.2 Å². The second kappa shape index (κ2) is 7.96. The lowest BCUT2D eigenvalue weighted by Crippen LogP contribution is -2.40. The monoisotopic (exact) mass is 358 g/mol. The molecule has 2 amide bonds. The molecule has 3 aromatic rings. The van der Waals surface area contributed by atoms with Gasteiger partial charge in [0.15, 0.2) is 0 Å². The first-order valence-corrected chi connectivity index (χ1v) is 9.17. The molecule has 1 aliphatic rings. The molecule has 2 N–H and O–H groups in total. The van der Waals surface area contributed by atoms with Gasteiger partial charge in [-0.15, -0.1) is 0 Å². The smallest absolute Gasteiger partial charge is 0.315 e. The third-order valence-corrected chi connectivity index (χ3v) is 4.85. The first kappa shape index (κ1) is 17.2. The standard InChI is InChI=1S/C23H22N2O2/c26-23(24-15-19-16-27-21-14-8-7-13-20(19)21)25-22(17-9-3-1-4-10-17)18-11-5-2-6-12-18/h1-14,19,22H,15-16H2,(H2,24,25,26). The maximum atomic E-state index is 12.6. The molecule has 1 atom stereocenters. The Morgan fingerprint density at radius 1 is 0.889 bits per heavy atom. The molecule has 0 saturated carbocycles. The number of rotatable bonds is 5. The number of fused-ring (bicyclic) bond motifs is 1. The average Bonchev–Trinajstić information content (AvgIpc) is 3.15. The van der Waals surface area contributed by atoms with Crippen molar-refractivity contribution in [3.8, 4) is 5.75 Å². The van der Waals surface area contributed by atoms with Crippen molar-refractivity contribution in [3.05, 3.63) is 102 Å². The molecule has 27 heavy (non-hydrogen) atoms. The van der Waals surface area contributed by atoms with Gasteiger partial charge in [-0.25, -0.2) is 4.79 Å². The first-order valence-electron chi connectivity index (χ1n) is 9.17. The highest BCUT2D eigenvalue weighted by Crippen LogP contribution is 2.32. The van der Waals surface area contributed by atoms with Crippen LogP contribution in [-0.4, -0.2) is 19.2 Å². The number of carbonyl (C=O) groups is 1. The van der Waals surface area contributed by atoms with Crippen LogP contribution in [0.25, 0.3) is 0 Å². The highest BCUT2D eigenvalue weighted by atomic mass is 16.5. The van der Waals surface area contributed by atoms with Crippen molar-refractivity contribution >= 4 is 6.03 Å². The maximum Gasteiger partial charge on any atom is 0.315 e. The van der Waals surface area contributed by atoms with E-state index in [1.165, 1.54) is 0 Å². The maximum absolute atomic E-state index is 12.6. The van der Waals surface area contributed by atoms with E-state index in [1.807, 2.05) is 78.9 Å². The second-order valence-electron chi connectivity index (χ2n) is 6.65. The van der Waals surface area contributed by atoms with Crippen molar-refractivity contribution in [2.24, 2.45) is 0 Å². The van der Waals surface area contributed by atoms with Gasteiger partial charge in [-0.2, -0.15) is 0 Å². The number of hydrogen-bond acceptors (Lipinski definition) is 2. The normalized spacial score (nSPS) is 15.1. The lowest BCUT2D eigenvalue weighted by Gasteiger charge is -2.21. The van der Waals surface area contributed by atoms with Gasteiger partial charge in [0.25, 0.3) is 0 Å². The van der Waals surface area contributed by atoms with Crippen LogP contribution in [0.4, 0.5) is 4.79 Å². The van der Waals surface area contributed by atoms with Gasteiger partial charge in [0.1, 0.15) is 5.75 Å². The Kier molecular flexibility index (Phi) is 5.06. The van der Waals surface area contributed by atoms with Crippen LogP contribution in [0.1, 0.15) is 28.7 Å². The molecule has 0 fully saturated rings. The van der Waals surface area contributed by atoms with Gasteiger partial charge in [0, 0.05) is 18.0 Å². The minimum atomic E-state index is -0.195. The molecule has 0 aliphatic carbocycles. The largest absolute Gasteiger partial charge is 0.493 e. The van der Waals surface area contributed by atoms with E-state index in [1.54, 1.807) is 0 Å². The Hall–Kier alpha value is -3.27. The number of amides is 2. The summed E-state index contributed by atoms with van der Waals surface area (Å²) in [7, 11) is 0. The topological polar surface area (TPSA) is 50.4 Å². The quantitative estimate of drug-likeness (QED) is 0.716. The molecule has 1 heterocycles. The van der Waals surface area contributed by atoms with E-state index in [-0.39, 0.29) is 18.0 Å². The van der Waals surface area contributed by atoms with Gasteiger partial charge < -0.3 is 15.4 Å². The summed E-state index contributed by atoms with van der Waals surface area (Å²) in [4.78, 5) is 12.6. The number of nitrogens with one attached hydrogen (secondary N) is 2. The van der Waals surface area contributed by atoms with E-state index in [2.05, 4.69) is 16.7 Å². The minimum absolute atomic E-state index is 0.179. The molecule has 1 unspecified atom stereocenters. The summed E-state index contributed by atoms with van der Waals surface area (Å²) in [5.41, 5.74) is 3.25. The summed E-state index contributed by atoms with van der Waals surface area (Å²) in [5.74, 6) is 1.09. The third kappa shape index (κ3) is 3.95. The summed E-state index contributed by atoms with van der Waals surface area (Å²) < 4.78 is 5.69. The highest BCUT2D eigenvalue weighted by Gasteiger charge is 2.24. The lowest BCUT2D eigenvalue weighted by atomic mass is 9.99. The summed E-state index contributed by atoms with van der Waals surface area (Å²) in [5, 5.41) is 6.11. The predicted octanol–water partition coefficient (Wildman–Crippen LogP) is 4.25. The molecule has 0 spiro atoms. The summed E-state index contributed by atoms with van der Waals surface area (Å²) in [6.07, 6.45) is 0. The Morgan fingerprint density at radius 3 is 2.15 bits per heavy atom. The predicted molar refractivity (Wildman–Crippen MR) is 106 cm³/mol. The molecule has 4 rings (SSSR count). The number of hydrogen-bond donors (Lipinski definition) is 2. The van der Waals surface area contributed by atoms with Crippen LogP contribution in [0.5, 0.6) is 5.75 Å². The van der Waals surface area contributed by atoms with Crippen LogP contribution in [0, 0.1) is 0 Å². The molecule has 4 nitrogen and oxygen atoms in total. The molecule has 3 aromatic carbocycles. The first-order chi connectivity index (χ1) is 13.3. The summed E-state index contributed by atoms with van der Waals surface area (Å²) >= 11 is 0. The molecule has 0 aromatic heterocycles. The van der Waals surface area contributed by atoms with Gasteiger partial charge in [-0.3, -0.25) is 0 Å². The van der Waals surface area contributed by atoms with Crippen LogP contribution in [0.2, 0.25) is 0 Å². The van der Waals surface area contributed by atoms with Crippen molar-refractivity contribution in [1.29, 1.82) is 0 Å². The Morgan fingerprint density at radius 2 is 1.48 bits per heavy atom. The molecule has 136 valence electrons. The van der Waals surface area contributed by atoms with Gasteiger partial charge in [0.05, 0.1) is 12.6 Å². The zero-order valence-corrected chi connectivity index (χ0v) is 15.0. The van der Waals surface area contributed by atoms with Crippen molar-refractivity contribution in [1.82, 2.24) is 10.6 Å². The summed E-state index contributed by atoms with van der Waals surface area (Å²) in [6.45, 7) is 1.14. The van der Waals surface area contributed by atoms with Crippen LogP contribution >= 0.6 is 0 Å². The average molecular weight is 358 g/mol. The fraction of sp³-hybridized carbons (Fsp3) is 0.174. The van der Waals surface area contributed by atoms with E-state index in [0.29, 0.717) is 13.2 Å². The molecular weight excluding hydrogens is 336 g/mol. The van der Waals surface area contributed by atoms with Crippen LogP contribution in [0.3, 0.4) is 0 Å². The SMILES string of the molecule is O=C(NCC1COc2ccccc21)NC(c1ccccc1)c1ccccc1. The molecule has 4 heteroatoms. The fourth-order valence-corrected chi connectivity index (χ4v) is 3.45. The van der Waals surface area contributed by atoms with Crippen LogP contribution in [0.15, 0.2) is 84.9 Å². The minimum Gasteiger partial charge on any atom is -0.493 e. The second-order valence-corrected chi connectivity index (χ2v) is 6.65. The fourth-order valence-electron chi connectivity index (χ4n) is 3.45. The molecule has 0 bridgehead atoms. The number of ether oxygens (including phenoxy) is 1. The van der Waals surface area contributed by atoms with Crippen LogP contribution < -0.4 is 15.4 Å². The van der Waals surface area contributed by atoms with Crippen molar-refractivity contribution < 1.29 is 9.53 Å².